The third-order valence-electron chi connectivity index (χ3n) is 4.73. The summed E-state index contributed by atoms with van der Waals surface area (Å²) in [7, 11) is 0. The number of hydrogen-bond acceptors (Lipinski definition) is 3. The summed E-state index contributed by atoms with van der Waals surface area (Å²) >= 11 is 1.78. The Morgan fingerprint density at radius 3 is 2.87 bits per heavy atom. The number of aromatic nitrogens is 1. The van der Waals surface area contributed by atoms with E-state index in [1.165, 1.54) is 23.3 Å². The number of aryl methyl sites for hydroxylation is 1. The first-order chi connectivity index (χ1) is 11.3. The lowest BCUT2D eigenvalue weighted by atomic mass is 9.95. The molecule has 5 heteroatoms. The predicted molar refractivity (Wildman–Crippen MR) is 91.6 cm³/mol. The number of rotatable bonds is 4. The van der Waals surface area contributed by atoms with Gasteiger partial charge in [-0.3, -0.25) is 4.79 Å². The first-order valence-electron chi connectivity index (χ1n) is 8.50. The van der Waals surface area contributed by atoms with Gasteiger partial charge in [0.15, 0.2) is 0 Å². The molecule has 0 bridgehead atoms. The van der Waals surface area contributed by atoms with E-state index in [0.717, 1.165) is 42.9 Å². The van der Waals surface area contributed by atoms with Crippen molar-refractivity contribution in [3.63, 3.8) is 0 Å². The maximum absolute atomic E-state index is 12.9. The second-order valence-corrected chi connectivity index (χ2v) is 7.41. The van der Waals surface area contributed by atoms with Crippen molar-refractivity contribution in [2.75, 3.05) is 13.2 Å². The van der Waals surface area contributed by atoms with Crippen LogP contribution < -0.4 is 5.32 Å². The third kappa shape index (κ3) is 2.95. The molecular weight excluding hydrogens is 308 g/mol. The van der Waals surface area contributed by atoms with Crippen molar-refractivity contribution in [3.8, 4) is 5.00 Å². The van der Waals surface area contributed by atoms with Gasteiger partial charge in [-0.25, -0.2) is 0 Å². The van der Waals surface area contributed by atoms with E-state index in [4.69, 9.17) is 4.74 Å². The molecule has 4 nitrogen and oxygen atoms in total. The van der Waals surface area contributed by atoms with Gasteiger partial charge in [0.05, 0.1) is 11.7 Å². The smallest absolute Gasteiger partial charge is 0.254 e. The minimum atomic E-state index is 0.0589. The van der Waals surface area contributed by atoms with Crippen LogP contribution in [-0.2, 0) is 17.6 Å². The summed E-state index contributed by atoms with van der Waals surface area (Å²) in [4.78, 5) is 14.3. The van der Waals surface area contributed by atoms with E-state index in [1.807, 2.05) is 24.5 Å². The first kappa shape index (κ1) is 15.0. The van der Waals surface area contributed by atoms with Crippen LogP contribution in [0.5, 0.6) is 0 Å². The van der Waals surface area contributed by atoms with Crippen LogP contribution in [0.4, 0.5) is 0 Å². The number of carbonyl (C=O) groups excluding carboxylic acids is 1. The highest BCUT2D eigenvalue weighted by Crippen LogP contribution is 2.36. The molecule has 1 amide bonds. The number of amides is 1. The molecule has 1 aliphatic carbocycles. The van der Waals surface area contributed by atoms with Crippen molar-refractivity contribution in [2.45, 2.75) is 44.6 Å². The van der Waals surface area contributed by atoms with Gasteiger partial charge in [-0.2, -0.15) is 0 Å². The number of nitrogens with zero attached hydrogens (tertiary/aromatic N) is 1. The number of fused-ring (bicyclic) bond motifs is 1. The summed E-state index contributed by atoms with van der Waals surface area (Å²) in [6, 6.07) is 4.01. The number of ether oxygens (including phenoxy) is 1. The number of nitrogens with one attached hydrogen (secondary N) is 1. The molecule has 0 spiro atoms. The standard InChI is InChI=1S/C18H22N2O2S/c21-17(19-12-13-6-5-11-22-13)16-14-7-1-2-8-15(14)23-18(16)20-9-3-4-10-20/h3-4,9-10,13H,1-2,5-8,11-12H2,(H,19,21). The Morgan fingerprint density at radius 2 is 2.09 bits per heavy atom. The Morgan fingerprint density at radius 1 is 1.26 bits per heavy atom. The summed E-state index contributed by atoms with van der Waals surface area (Å²) in [6.07, 6.45) is 10.9. The van der Waals surface area contributed by atoms with Gasteiger partial charge in [0.1, 0.15) is 5.00 Å². The van der Waals surface area contributed by atoms with Gasteiger partial charge < -0.3 is 14.6 Å². The molecule has 3 heterocycles. The van der Waals surface area contributed by atoms with E-state index in [0.29, 0.717) is 6.54 Å². The van der Waals surface area contributed by atoms with Crippen molar-refractivity contribution in [1.29, 1.82) is 0 Å². The van der Waals surface area contributed by atoms with Gasteiger partial charge in [-0.15, -0.1) is 11.3 Å². The van der Waals surface area contributed by atoms with Gasteiger partial charge in [0, 0.05) is 30.4 Å². The first-order valence-corrected chi connectivity index (χ1v) is 9.32. The van der Waals surface area contributed by atoms with Crippen LogP contribution in [0, 0.1) is 0 Å². The SMILES string of the molecule is O=C(NCC1CCCO1)c1c(-n2cccc2)sc2c1CCCC2. The molecule has 1 atom stereocenters. The molecule has 4 rings (SSSR count). The highest BCUT2D eigenvalue weighted by molar-refractivity contribution is 7.15. The van der Waals surface area contributed by atoms with E-state index in [2.05, 4.69) is 9.88 Å². The molecular formula is C18H22N2O2S. The molecule has 1 fully saturated rings. The fraction of sp³-hybridized carbons (Fsp3) is 0.500. The fourth-order valence-electron chi connectivity index (χ4n) is 3.54. The quantitative estimate of drug-likeness (QED) is 0.934. The zero-order valence-electron chi connectivity index (χ0n) is 13.2. The average Bonchev–Trinajstić information content (AvgIpc) is 3.31. The van der Waals surface area contributed by atoms with Crippen LogP contribution in [0.1, 0.15) is 46.5 Å². The minimum absolute atomic E-state index is 0.0589. The molecule has 1 aliphatic heterocycles. The van der Waals surface area contributed by atoms with Crippen LogP contribution in [0.3, 0.4) is 0 Å². The van der Waals surface area contributed by atoms with Gasteiger partial charge in [-0.05, 0) is 56.2 Å². The van der Waals surface area contributed by atoms with E-state index in [1.54, 1.807) is 11.3 Å². The Bertz CT molecular complexity index is 684. The monoisotopic (exact) mass is 330 g/mol. The predicted octanol–water partition coefficient (Wildman–Crippen LogP) is 3.33. The van der Waals surface area contributed by atoms with Crippen molar-refractivity contribution in [2.24, 2.45) is 0 Å². The second kappa shape index (κ2) is 6.49. The van der Waals surface area contributed by atoms with Crippen molar-refractivity contribution < 1.29 is 9.53 Å². The molecule has 2 aromatic heterocycles. The highest BCUT2D eigenvalue weighted by Gasteiger charge is 2.26. The Balaban J connectivity index is 1.62. The van der Waals surface area contributed by atoms with Crippen LogP contribution in [-0.4, -0.2) is 29.7 Å². The number of thiophene rings is 1. The van der Waals surface area contributed by atoms with Gasteiger partial charge in [0.25, 0.3) is 5.91 Å². The lowest BCUT2D eigenvalue weighted by Gasteiger charge is -2.15. The van der Waals surface area contributed by atoms with Crippen molar-refractivity contribution in [3.05, 3.63) is 40.5 Å². The van der Waals surface area contributed by atoms with Gasteiger partial charge in [-0.1, -0.05) is 0 Å². The molecule has 1 N–H and O–H groups in total. The Hall–Kier alpha value is -1.59. The normalized spacial score (nSPS) is 20.4. The molecule has 1 unspecified atom stereocenters. The van der Waals surface area contributed by atoms with Crippen LogP contribution in [0.2, 0.25) is 0 Å². The summed E-state index contributed by atoms with van der Waals surface area (Å²) in [5.74, 6) is 0.0589. The molecule has 23 heavy (non-hydrogen) atoms. The summed E-state index contributed by atoms with van der Waals surface area (Å²) in [5, 5.41) is 4.17. The number of hydrogen-bond donors (Lipinski definition) is 1. The van der Waals surface area contributed by atoms with Gasteiger partial charge >= 0.3 is 0 Å². The average molecular weight is 330 g/mol. The third-order valence-corrected chi connectivity index (χ3v) is 6.04. The zero-order chi connectivity index (χ0) is 15.6. The lowest BCUT2D eigenvalue weighted by Crippen LogP contribution is -2.32. The van der Waals surface area contributed by atoms with Crippen LogP contribution in [0.25, 0.3) is 5.00 Å². The van der Waals surface area contributed by atoms with E-state index < -0.39 is 0 Å². The van der Waals surface area contributed by atoms with E-state index in [-0.39, 0.29) is 12.0 Å². The van der Waals surface area contributed by atoms with E-state index in [9.17, 15) is 4.79 Å². The molecule has 0 radical (unpaired) electrons. The maximum Gasteiger partial charge on any atom is 0.254 e. The molecule has 0 aromatic carbocycles. The highest BCUT2D eigenvalue weighted by atomic mass is 32.1. The molecule has 0 saturated carbocycles. The molecule has 2 aromatic rings. The number of carbonyl (C=O) groups is 1. The molecule has 1 saturated heterocycles. The maximum atomic E-state index is 12.9. The largest absolute Gasteiger partial charge is 0.376 e. The van der Waals surface area contributed by atoms with Crippen LogP contribution in [0.15, 0.2) is 24.5 Å². The minimum Gasteiger partial charge on any atom is -0.376 e. The zero-order valence-corrected chi connectivity index (χ0v) is 14.0. The van der Waals surface area contributed by atoms with E-state index >= 15 is 0 Å². The summed E-state index contributed by atoms with van der Waals surface area (Å²) in [5.41, 5.74) is 2.16. The molecule has 2 aliphatic rings. The van der Waals surface area contributed by atoms with Crippen molar-refractivity contribution >= 4 is 17.2 Å². The Labute approximate surface area is 140 Å². The Kier molecular flexibility index (Phi) is 4.23. The molecule has 122 valence electrons. The van der Waals surface area contributed by atoms with Gasteiger partial charge in [0.2, 0.25) is 0 Å². The van der Waals surface area contributed by atoms with Crippen molar-refractivity contribution in [1.82, 2.24) is 9.88 Å². The summed E-state index contributed by atoms with van der Waals surface area (Å²) < 4.78 is 7.69. The van der Waals surface area contributed by atoms with Crippen LogP contribution >= 0.6 is 11.3 Å². The lowest BCUT2D eigenvalue weighted by molar-refractivity contribution is 0.0857. The fourth-order valence-corrected chi connectivity index (χ4v) is 4.89. The second-order valence-electron chi connectivity index (χ2n) is 6.33. The summed E-state index contributed by atoms with van der Waals surface area (Å²) in [6.45, 7) is 1.44. The topological polar surface area (TPSA) is 43.3 Å².